The molecule has 0 bridgehead atoms. The van der Waals surface area contributed by atoms with Gasteiger partial charge in [-0.1, -0.05) is 11.6 Å². The standard InChI is InChI=1S/C25H23ClN4O4S/c1-15-23-21(25(31)27-18-7-5-17(26)6-8-18)13-22(16-3-9-20(34-2)10-4-16)28-24(23)30(29-15)19-11-12-35(32,33)14-19/h3-10,13,19H,11-12,14H2,1-2H3,(H,27,31). The van der Waals surface area contributed by atoms with Gasteiger partial charge in [0.05, 0.1) is 47.0 Å². The molecule has 2 aromatic heterocycles. The molecule has 180 valence electrons. The van der Waals surface area contributed by atoms with Gasteiger partial charge in [0.25, 0.3) is 5.91 Å². The van der Waals surface area contributed by atoms with Gasteiger partial charge >= 0.3 is 0 Å². The second-order valence-electron chi connectivity index (χ2n) is 8.53. The SMILES string of the molecule is COc1ccc(-c2cc(C(=O)Nc3ccc(Cl)cc3)c3c(C)nn(C4CCS(=O)(=O)C4)c3n2)cc1. The van der Waals surface area contributed by atoms with Crippen LogP contribution in [0.15, 0.2) is 54.6 Å². The lowest BCUT2D eigenvalue weighted by molar-refractivity contribution is 0.102. The molecule has 1 amide bonds. The van der Waals surface area contributed by atoms with Crippen molar-refractivity contribution in [3.05, 3.63) is 70.9 Å². The second kappa shape index (κ2) is 8.98. The van der Waals surface area contributed by atoms with Crippen molar-refractivity contribution in [3.63, 3.8) is 0 Å². The van der Waals surface area contributed by atoms with Gasteiger partial charge in [-0.3, -0.25) is 4.79 Å². The van der Waals surface area contributed by atoms with E-state index >= 15 is 0 Å². The highest BCUT2D eigenvalue weighted by Crippen LogP contribution is 2.33. The highest BCUT2D eigenvalue weighted by molar-refractivity contribution is 7.91. The summed E-state index contributed by atoms with van der Waals surface area (Å²) >= 11 is 5.98. The van der Waals surface area contributed by atoms with Crippen molar-refractivity contribution in [2.45, 2.75) is 19.4 Å². The predicted molar refractivity (Wildman–Crippen MR) is 136 cm³/mol. The van der Waals surface area contributed by atoms with Gasteiger partial charge in [-0.25, -0.2) is 18.1 Å². The number of methoxy groups -OCH3 is 1. The lowest BCUT2D eigenvalue weighted by Crippen LogP contribution is -2.15. The predicted octanol–water partition coefficient (Wildman–Crippen LogP) is 4.68. The van der Waals surface area contributed by atoms with Gasteiger partial charge in [-0.2, -0.15) is 5.10 Å². The van der Waals surface area contributed by atoms with E-state index in [1.807, 2.05) is 24.3 Å². The Morgan fingerprint density at radius 2 is 1.86 bits per heavy atom. The van der Waals surface area contributed by atoms with Crippen molar-refractivity contribution in [1.82, 2.24) is 14.8 Å². The van der Waals surface area contributed by atoms with Crippen molar-refractivity contribution in [2.75, 3.05) is 23.9 Å². The molecule has 3 heterocycles. The third-order valence-electron chi connectivity index (χ3n) is 6.12. The summed E-state index contributed by atoms with van der Waals surface area (Å²) in [6.07, 6.45) is 0.458. The molecule has 0 aliphatic carbocycles. The van der Waals surface area contributed by atoms with E-state index in [0.717, 1.165) is 5.56 Å². The Bertz CT molecular complexity index is 1530. The Hall–Kier alpha value is -3.43. The smallest absolute Gasteiger partial charge is 0.256 e. The van der Waals surface area contributed by atoms with Crippen molar-refractivity contribution >= 4 is 44.1 Å². The molecule has 5 rings (SSSR count). The zero-order valence-corrected chi connectivity index (χ0v) is 20.7. The van der Waals surface area contributed by atoms with E-state index in [2.05, 4.69) is 10.4 Å². The topological polar surface area (TPSA) is 103 Å². The van der Waals surface area contributed by atoms with Crippen LogP contribution >= 0.6 is 11.6 Å². The third-order valence-corrected chi connectivity index (χ3v) is 8.13. The molecule has 1 aliphatic heterocycles. The Balaban J connectivity index is 1.66. The normalized spacial score (nSPS) is 16.9. The minimum Gasteiger partial charge on any atom is -0.497 e. The van der Waals surface area contributed by atoms with Crippen molar-refractivity contribution in [3.8, 4) is 17.0 Å². The van der Waals surface area contributed by atoms with Gasteiger partial charge in [0, 0.05) is 16.3 Å². The van der Waals surface area contributed by atoms with E-state index in [1.54, 1.807) is 49.0 Å². The van der Waals surface area contributed by atoms with Gasteiger partial charge in [0.1, 0.15) is 5.75 Å². The summed E-state index contributed by atoms with van der Waals surface area (Å²) in [6, 6.07) is 15.6. The number of ether oxygens (including phenoxy) is 1. The summed E-state index contributed by atoms with van der Waals surface area (Å²) in [7, 11) is -1.54. The minimum atomic E-state index is -3.14. The molecule has 1 N–H and O–H groups in total. The lowest BCUT2D eigenvalue weighted by Gasteiger charge is -2.13. The number of rotatable bonds is 5. The van der Waals surface area contributed by atoms with Crippen molar-refractivity contribution < 1.29 is 17.9 Å². The average Bonchev–Trinajstić information content (AvgIpc) is 3.38. The first-order valence-electron chi connectivity index (χ1n) is 11.1. The van der Waals surface area contributed by atoms with Crippen LogP contribution in [-0.2, 0) is 9.84 Å². The average molecular weight is 511 g/mol. The van der Waals surface area contributed by atoms with Gasteiger partial charge in [0.15, 0.2) is 15.5 Å². The number of carbonyl (C=O) groups is 1. The van der Waals surface area contributed by atoms with E-state index in [1.165, 1.54) is 0 Å². The number of fused-ring (bicyclic) bond motifs is 1. The number of amides is 1. The van der Waals surface area contributed by atoms with Crippen LogP contribution in [0.3, 0.4) is 0 Å². The van der Waals surface area contributed by atoms with Crippen LogP contribution in [0.25, 0.3) is 22.3 Å². The maximum absolute atomic E-state index is 13.5. The number of aromatic nitrogens is 3. The molecule has 1 fully saturated rings. The van der Waals surface area contributed by atoms with Crippen LogP contribution < -0.4 is 10.1 Å². The first kappa shape index (κ1) is 23.3. The zero-order valence-electron chi connectivity index (χ0n) is 19.2. The number of hydrogen-bond acceptors (Lipinski definition) is 6. The molecule has 0 saturated carbocycles. The van der Waals surface area contributed by atoms with Crippen LogP contribution in [0.5, 0.6) is 5.75 Å². The first-order chi connectivity index (χ1) is 16.7. The van der Waals surface area contributed by atoms with Gasteiger partial charge < -0.3 is 10.1 Å². The molecule has 10 heteroatoms. The fourth-order valence-corrected chi connectivity index (χ4v) is 6.17. The second-order valence-corrected chi connectivity index (χ2v) is 11.2. The number of aryl methyl sites for hydroxylation is 1. The van der Waals surface area contributed by atoms with Crippen LogP contribution in [0.4, 0.5) is 5.69 Å². The molecule has 4 aromatic rings. The van der Waals surface area contributed by atoms with E-state index in [0.29, 0.717) is 50.9 Å². The Morgan fingerprint density at radius 1 is 1.14 bits per heavy atom. The summed E-state index contributed by atoms with van der Waals surface area (Å²) in [5.41, 5.74) is 3.46. The number of nitrogens with one attached hydrogen (secondary N) is 1. The number of pyridine rings is 1. The van der Waals surface area contributed by atoms with Gasteiger partial charge in [0.2, 0.25) is 0 Å². The summed E-state index contributed by atoms with van der Waals surface area (Å²) in [5.74, 6) is 0.494. The number of benzene rings is 2. The van der Waals surface area contributed by atoms with E-state index < -0.39 is 9.84 Å². The fraction of sp³-hybridized carbons (Fsp3) is 0.240. The minimum absolute atomic E-state index is 0.00394. The van der Waals surface area contributed by atoms with Crippen LogP contribution in [-0.4, -0.2) is 47.7 Å². The number of nitrogens with zero attached hydrogens (tertiary/aromatic N) is 3. The summed E-state index contributed by atoms with van der Waals surface area (Å²) in [4.78, 5) is 18.3. The molecule has 35 heavy (non-hydrogen) atoms. The van der Waals surface area contributed by atoms with Crippen molar-refractivity contribution in [1.29, 1.82) is 0 Å². The van der Waals surface area contributed by atoms with Crippen LogP contribution in [0.1, 0.15) is 28.5 Å². The molecular weight excluding hydrogens is 488 g/mol. The summed E-state index contributed by atoms with van der Waals surface area (Å²) < 4.78 is 31.2. The largest absolute Gasteiger partial charge is 0.497 e. The molecule has 2 aromatic carbocycles. The Morgan fingerprint density at radius 3 is 2.49 bits per heavy atom. The van der Waals surface area contributed by atoms with E-state index in [4.69, 9.17) is 21.3 Å². The van der Waals surface area contributed by atoms with Gasteiger partial charge in [-0.05, 0) is 67.9 Å². The zero-order chi connectivity index (χ0) is 24.7. The molecule has 0 radical (unpaired) electrons. The Kier molecular flexibility index (Phi) is 5.98. The Labute approximate surface area is 207 Å². The molecule has 1 atom stereocenters. The van der Waals surface area contributed by atoms with Crippen molar-refractivity contribution in [2.24, 2.45) is 0 Å². The van der Waals surface area contributed by atoms with Gasteiger partial charge in [-0.15, -0.1) is 0 Å². The number of hydrogen-bond donors (Lipinski definition) is 1. The highest BCUT2D eigenvalue weighted by atomic mass is 35.5. The fourth-order valence-electron chi connectivity index (χ4n) is 4.36. The van der Waals surface area contributed by atoms with Crippen LogP contribution in [0.2, 0.25) is 5.02 Å². The molecular formula is C25H23ClN4O4S. The molecule has 1 unspecified atom stereocenters. The summed E-state index contributed by atoms with van der Waals surface area (Å²) in [5, 5.41) is 8.71. The molecule has 0 spiro atoms. The molecule has 8 nitrogen and oxygen atoms in total. The summed E-state index contributed by atoms with van der Waals surface area (Å²) in [6.45, 7) is 1.80. The number of halogens is 1. The highest BCUT2D eigenvalue weighted by Gasteiger charge is 2.32. The lowest BCUT2D eigenvalue weighted by atomic mass is 10.0. The number of carbonyl (C=O) groups excluding carboxylic acids is 1. The first-order valence-corrected chi connectivity index (χ1v) is 13.3. The monoisotopic (exact) mass is 510 g/mol. The molecule has 1 aliphatic rings. The quantitative estimate of drug-likeness (QED) is 0.418. The van der Waals surface area contributed by atoms with E-state index in [9.17, 15) is 13.2 Å². The third kappa shape index (κ3) is 4.61. The maximum atomic E-state index is 13.5. The molecule has 1 saturated heterocycles. The van der Waals surface area contributed by atoms with E-state index in [-0.39, 0.29) is 23.5 Å². The number of anilines is 1. The maximum Gasteiger partial charge on any atom is 0.256 e. The van der Waals surface area contributed by atoms with Crippen LogP contribution in [0, 0.1) is 6.92 Å². The number of sulfone groups is 1.